The number of aryl methyl sites for hydroxylation is 6. The molecule has 10 aromatic rings. The summed E-state index contributed by atoms with van der Waals surface area (Å²) >= 11 is 0. The summed E-state index contributed by atoms with van der Waals surface area (Å²) in [5.41, 5.74) is 21.7. The molecule has 8 aromatic carbocycles. The van der Waals surface area contributed by atoms with Crippen molar-refractivity contribution < 1.29 is 10.3 Å². The molecule has 436 valence electrons. The van der Waals surface area contributed by atoms with Crippen LogP contribution in [0.3, 0.4) is 0 Å². The number of aliphatic imine (C=N–C) groups is 1. The number of aromatic nitrogens is 2. The van der Waals surface area contributed by atoms with Gasteiger partial charge in [0.2, 0.25) is 11.8 Å². The number of oxazole rings is 2. The van der Waals surface area contributed by atoms with Gasteiger partial charge in [0, 0.05) is 27.9 Å². The summed E-state index contributed by atoms with van der Waals surface area (Å²) in [6.07, 6.45) is 1.76. The summed E-state index contributed by atoms with van der Waals surface area (Å²) in [6.45, 7) is 30.6. The molecule has 0 aliphatic carbocycles. The molecule has 0 aliphatic heterocycles. The third-order valence-corrected chi connectivity index (χ3v) is 14.3. The number of hydrogen-bond donors (Lipinski definition) is 1. The third-order valence-electron chi connectivity index (χ3n) is 14.3. The van der Waals surface area contributed by atoms with Gasteiger partial charge in [-0.25, -0.2) is 9.97 Å². The van der Waals surface area contributed by atoms with Crippen LogP contribution in [0, 0.1) is 47.6 Å². The molecule has 0 amide bonds. The zero-order chi connectivity index (χ0) is 57.0. The van der Waals surface area contributed by atoms with Gasteiger partial charge in [0.15, 0.2) is 11.5 Å². The second kappa shape index (κ2) is 31.8. The fourth-order valence-electron chi connectivity index (χ4n) is 10.7. The molecule has 0 bridgehead atoms. The van der Waals surface area contributed by atoms with Gasteiger partial charge in [-0.2, -0.15) is 34.9 Å². The fourth-order valence-corrected chi connectivity index (χ4v) is 10.7. The molecule has 1 unspecified atom stereocenters. The van der Waals surface area contributed by atoms with Crippen LogP contribution in [-0.2, 0) is 0 Å². The van der Waals surface area contributed by atoms with Crippen LogP contribution in [0.1, 0.15) is 182 Å². The molecule has 6 nitrogen and oxygen atoms in total. The Morgan fingerprint density at radius 2 is 0.821 bits per heavy atom. The van der Waals surface area contributed by atoms with Crippen molar-refractivity contribution in [1.82, 2.24) is 9.97 Å². The van der Waals surface area contributed by atoms with Gasteiger partial charge in [0.25, 0.3) is 0 Å². The Kier molecular flexibility index (Phi) is 26.0. The second-order valence-corrected chi connectivity index (χ2v) is 22.3. The Labute approximate surface area is 519 Å². The van der Waals surface area contributed by atoms with E-state index >= 15 is 0 Å². The van der Waals surface area contributed by atoms with Crippen molar-refractivity contribution >= 4 is 36.4 Å². The number of rotatable bonds is 14. The fraction of sp³-hybridized carbons (Fsp3) is 0.286. The first kappa shape index (κ1) is 68.7. The molecule has 0 spiro atoms. The van der Waals surface area contributed by atoms with E-state index in [1.54, 1.807) is 6.21 Å². The minimum atomic E-state index is -0.266. The van der Waals surface area contributed by atoms with E-state index in [1.807, 2.05) is 72.8 Å². The number of para-hydroxylation sites is 2. The Morgan fingerprint density at radius 1 is 0.452 bits per heavy atom. The van der Waals surface area contributed by atoms with Crippen LogP contribution in [0.2, 0.25) is 0 Å². The van der Waals surface area contributed by atoms with E-state index in [4.69, 9.17) is 23.8 Å². The maximum absolute atomic E-state index is 6.81. The molecule has 0 aliphatic rings. The third kappa shape index (κ3) is 17.0. The number of hydrogen-bond acceptors (Lipinski definition) is 6. The summed E-state index contributed by atoms with van der Waals surface area (Å²) in [4.78, 5) is 14.9. The minimum absolute atomic E-state index is 0. The van der Waals surface area contributed by atoms with Crippen molar-refractivity contribution in [3.63, 3.8) is 0 Å². The first-order valence-electron chi connectivity index (χ1n) is 28.3. The zero-order valence-corrected chi connectivity index (χ0v) is 50.4. The zero-order valence-electron chi connectivity index (χ0n) is 51.4. The molecule has 10 rings (SSSR count). The Hall–Kier alpha value is -7.75. The van der Waals surface area contributed by atoms with Crippen molar-refractivity contribution in [3.05, 3.63) is 261 Å². The maximum Gasteiger partial charge on any atom is 0.238 e. The molecule has 0 saturated heterocycles. The number of anilines is 1. The first-order valence-corrected chi connectivity index (χ1v) is 28.3. The van der Waals surface area contributed by atoms with E-state index in [2.05, 4.69) is 218 Å². The summed E-state index contributed by atoms with van der Waals surface area (Å²) in [5, 5.41) is 4.00. The van der Waals surface area contributed by atoms with Gasteiger partial charge in [-0.15, -0.1) is 0 Å². The van der Waals surface area contributed by atoms with Gasteiger partial charge in [-0.05, 0) is 83.4 Å². The average Bonchev–Trinajstić information content (AvgIpc) is 4.05. The van der Waals surface area contributed by atoms with Crippen LogP contribution in [0.15, 0.2) is 196 Å². The van der Waals surface area contributed by atoms with E-state index < -0.39 is 0 Å². The normalized spacial score (nSPS) is 11.2. The van der Waals surface area contributed by atoms with Gasteiger partial charge in [-0.1, -0.05) is 274 Å². The molecule has 1 N–H and O–H groups in total. The molecule has 0 saturated carbocycles. The van der Waals surface area contributed by atoms with E-state index in [0.717, 1.165) is 50.8 Å². The van der Waals surface area contributed by atoms with Crippen LogP contribution in [-0.4, -0.2) is 35.0 Å². The second-order valence-electron chi connectivity index (χ2n) is 22.3. The van der Waals surface area contributed by atoms with E-state index in [0.29, 0.717) is 35.5 Å². The Balaban J connectivity index is 0.000000375. The van der Waals surface area contributed by atoms with Crippen molar-refractivity contribution in [1.29, 1.82) is 0 Å². The molecule has 2 radical (unpaired) electrons. The summed E-state index contributed by atoms with van der Waals surface area (Å²) in [5.74, 6) is 4.22. The van der Waals surface area contributed by atoms with Crippen LogP contribution in [0.25, 0.3) is 45.2 Å². The number of nitrogens with one attached hydrogen (secondary N) is 1. The summed E-state index contributed by atoms with van der Waals surface area (Å²) in [7, 11) is 0. The van der Waals surface area contributed by atoms with E-state index in [1.165, 1.54) is 66.9 Å². The molecule has 1 atom stereocenters. The standard InChI is InChI=1S/C37H40N2O.C28H28N2O.C9H11.3CH4.Li.H/c1-23(2)30-19-14-20-31(24(3)4)34(30)38-35(32-26(6)21-25(5)22-27(32)7)37-39-33(28-15-10-8-11-16-28)36(40-37)29-17-12-9-13-18-29;1-19(2)23-16-11-17-24(20(3)4)27(23)29-18-25-30-26(21-12-7-5-8-13-21)28(31-25)22-14-9-6-10-15-22;1-7-4-8(2)6-9(3)5-7;;;;;/h8-24,35,38H,1-7H3;5-20H,1-4H3;4-5H,1-3H3;3*1H4;;/q;;-1;;;;2*-1. The molecular weight excluding hydrogens is 1020 g/mol. The molecule has 2 aromatic heterocycles. The van der Waals surface area contributed by atoms with E-state index in [9.17, 15) is 0 Å². The molecule has 2 heterocycles. The van der Waals surface area contributed by atoms with Crippen molar-refractivity contribution in [2.45, 2.75) is 149 Å². The average molecular weight is 1110 g/mol. The van der Waals surface area contributed by atoms with Gasteiger partial charge in [0.1, 0.15) is 17.4 Å². The van der Waals surface area contributed by atoms with Gasteiger partial charge < -0.3 is 34.4 Å². The van der Waals surface area contributed by atoms with Crippen LogP contribution < -0.4 is 5.32 Å². The van der Waals surface area contributed by atoms with Crippen LogP contribution in [0.4, 0.5) is 11.4 Å². The SMILES string of the molecule is C.C.C.CC(C)c1cccc(C(C)C)c1N=Cc1nc(-c2ccccc2)c(-c2ccccc2)o1.Cc1[c-]c(C)cc(C)c1.Cc1cc(C)c(C(Nc2c(C(C)C)cccc2C(C)C)c2nc(-c3ccccc3)c(-c3ccccc3)o2)c(C)c1.[H-].[Li-]. The molecular formula is C77H92LiN4O2-3. The predicted molar refractivity (Wildman–Crippen MR) is 364 cm³/mol. The summed E-state index contributed by atoms with van der Waals surface area (Å²) in [6, 6.07) is 65.7. The van der Waals surface area contributed by atoms with Crippen LogP contribution >= 0.6 is 0 Å². The smallest absolute Gasteiger partial charge is 0.238 e. The monoisotopic (exact) mass is 1110 g/mol. The van der Waals surface area contributed by atoms with Gasteiger partial charge in [-0.3, -0.25) is 4.99 Å². The summed E-state index contributed by atoms with van der Waals surface area (Å²) < 4.78 is 13.0. The molecule has 7 heteroatoms. The maximum atomic E-state index is 6.81. The Morgan fingerprint density at radius 3 is 1.23 bits per heavy atom. The Bertz CT molecular complexity index is 3420. The van der Waals surface area contributed by atoms with Gasteiger partial charge in [0.05, 0.1) is 11.9 Å². The first-order chi connectivity index (χ1) is 38.5. The van der Waals surface area contributed by atoms with Crippen molar-refractivity contribution in [2.24, 2.45) is 4.99 Å². The van der Waals surface area contributed by atoms with E-state index in [-0.39, 0.29) is 48.6 Å². The van der Waals surface area contributed by atoms with Gasteiger partial charge >= 0.3 is 0 Å². The van der Waals surface area contributed by atoms with Crippen LogP contribution in [0.5, 0.6) is 0 Å². The quantitative estimate of drug-likeness (QED) is 0.0667. The van der Waals surface area contributed by atoms with Crippen molar-refractivity contribution in [2.75, 3.05) is 5.32 Å². The topological polar surface area (TPSA) is 76.5 Å². The molecule has 84 heavy (non-hydrogen) atoms. The number of nitrogens with zero attached hydrogens (tertiary/aromatic N) is 3. The predicted octanol–water partition coefficient (Wildman–Crippen LogP) is 22.4. The number of benzene rings is 8. The van der Waals surface area contributed by atoms with Crippen molar-refractivity contribution in [3.8, 4) is 45.2 Å². The minimum Gasteiger partial charge on any atom is -1.00 e. The molecule has 0 fully saturated rings. The largest absolute Gasteiger partial charge is 1.00 e.